The number of anilines is 1. The van der Waals surface area contributed by atoms with E-state index in [4.69, 9.17) is 14.2 Å². The van der Waals surface area contributed by atoms with Gasteiger partial charge in [-0.15, -0.1) is 0 Å². The van der Waals surface area contributed by atoms with E-state index < -0.39 is 11.9 Å². The third-order valence-corrected chi connectivity index (χ3v) is 4.33. The summed E-state index contributed by atoms with van der Waals surface area (Å²) in [4.78, 5) is 24.0. The Labute approximate surface area is 181 Å². The van der Waals surface area contributed by atoms with E-state index in [1.807, 2.05) is 37.3 Å². The molecule has 3 aromatic carbocycles. The number of hydrogen-bond donors (Lipinski definition) is 1. The Hall–Kier alpha value is -3.80. The molecule has 0 bridgehead atoms. The van der Waals surface area contributed by atoms with Crippen LogP contribution in [-0.2, 0) is 27.4 Å². The molecule has 0 fully saturated rings. The molecule has 0 saturated heterocycles. The van der Waals surface area contributed by atoms with Crippen LogP contribution in [0.2, 0.25) is 0 Å². The Bertz CT molecular complexity index is 969. The summed E-state index contributed by atoms with van der Waals surface area (Å²) in [5.74, 6) is 0.570. The van der Waals surface area contributed by atoms with Gasteiger partial charge in [-0.05, 0) is 54.4 Å². The van der Waals surface area contributed by atoms with Crippen LogP contribution < -0.4 is 14.8 Å². The highest BCUT2D eigenvalue weighted by molar-refractivity contribution is 5.92. The van der Waals surface area contributed by atoms with Crippen LogP contribution in [0.25, 0.3) is 0 Å². The lowest BCUT2D eigenvalue weighted by molar-refractivity contribution is -0.146. The molecule has 0 spiro atoms. The van der Waals surface area contributed by atoms with Crippen molar-refractivity contribution in [3.63, 3.8) is 0 Å². The largest absolute Gasteiger partial charge is 0.494 e. The molecule has 160 valence electrons. The first kappa shape index (κ1) is 21.9. The first-order chi connectivity index (χ1) is 15.1. The van der Waals surface area contributed by atoms with E-state index in [1.165, 1.54) is 0 Å². The minimum atomic E-state index is -0.469. The van der Waals surface area contributed by atoms with Crippen LogP contribution in [0, 0.1) is 0 Å². The number of benzene rings is 3. The third kappa shape index (κ3) is 7.51. The summed E-state index contributed by atoms with van der Waals surface area (Å²) >= 11 is 0. The molecule has 6 nitrogen and oxygen atoms in total. The second-order valence-corrected chi connectivity index (χ2v) is 6.76. The number of amides is 1. The number of hydrogen-bond acceptors (Lipinski definition) is 5. The predicted octanol–water partition coefficient (Wildman–Crippen LogP) is 4.39. The second kappa shape index (κ2) is 11.4. The van der Waals surface area contributed by atoms with Gasteiger partial charge in [0.25, 0.3) is 5.91 Å². The van der Waals surface area contributed by atoms with Crippen molar-refractivity contribution >= 4 is 17.6 Å². The average molecular weight is 419 g/mol. The lowest BCUT2D eigenvalue weighted by Crippen LogP contribution is -2.21. The molecule has 0 aromatic heterocycles. The lowest BCUT2D eigenvalue weighted by atomic mass is 10.1. The number of carbonyl (C=O) groups excluding carboxylic acids is 2. The molecule has 3 aromatic rings. The zero-order chi connectivity index (χ0) is 21.9. The molecule has 3 rings (SSSR count). The highest BCUT2D eigenvalue weighted by atomic mass is 16.5. The highest BCUT2D eigenvalue weighted by Gasteiger charge is 2.09. The standard InChI is InChI=1S/C25H25NO5/c1-2-29-22-12-8-19(9-13-22)16-25(28)31-18-24(27)26-21-10-14-23(15-11-21)30-17-20-6-4-3-5-7-20/h3-15H,2,16-18H2,1H3,(H,26,27). The Morgan fingerprint density at radius 1 is 0.774 bits per heavy atom. The van der Waals surface area contributed by atoms with Gasteiger partial charge in [-0.2, -0.15) is 0 Å². The van der Waals surface area contributed by atoms with Crippen LogP contribution >= 0.6 is 0 Å². The summed E-state index contributed by atoms with van der Waals surface area (Å²) in [7, 11) is 0. The maximum Gasteiger partial charge on any atom is 0.310 e. The zero-order valence-electron chi connectivity index (χ0n) is 17.4. The van der Waals surface area contributed by atoms with Gasteiger partial charge in [0.2, 0.25) is 0 Å². The van der Waals surface area contributed by atoms with E-state index >= 15 is 0 Å². The highest BCUT2D eigenvalue weighted by Crippen LogP contribution is 2.17. The molecule has 0 aliphatic heterocycles. The van der Waals surface area contributed by atoms with Gasteiger partial charge in [-0.1, -0.05) is 42.5 Å². The van der Waals surface area contributed by atoms with Crippen molar-refractivity contribution in [1.29, 1.82) is 0 Å². The Morgan fingerprint density at radius 2 is 1.42 bits per heavy atom. The summed E-state index contributed by atoms with van der Waals surface area (Å²) in [5, 5.41) is 2.70. The van der Waals surface area contributed by atoms with Crippen LogP contribution in [0.4, 0.5) is 5.69 Å². The maximum absolute atomic E-state index is 12.0. The predicted molar refractivity (Wildman–Crippen MR) is 118 cm³/mol. The number of esters is 1. The first-order valence-electron chi connectivity index (χ1n) is 10.1. The van der Waals surface area contributed by atoms with Crippen molar-refractivity contribution in [3.8, 4) is 11.5 Å². The van der Waals surface area contributed by atoms with Crippen molar-refractivity contribution in [2.24, 2.45) is 0 Å². The maximum atomic E-state index is 12.0. The topological polar surface area (TPSA) is 73.9 Å². The van der Waals surface area contributed by atoms with E-state index in [2.05, 4.69) is 5.32 Å². The summed E-state index contributed by atoms with van der Waals surface area (Å²) in [6.07, 6.45) is 0.0904. The number of rotatable bonds is 10. The molecular weight excluding hydrogens is 394 g/mol. The van der Waals surface area contributed by atoms with Gasteiger partial charge in [0.05, 0.1) is 13.0 Å². The van der Waals surface area contributed by atoms with Crippen molar-refractivity contribution < 1.29 is 23.8 Å². The van der Waals surface area contributed by atoms with E-state index in [1.54, 1.807) is 48.5 Å². The van der Waals surface area contributed by atoms with E-state index in [0.717, 1.165) is 16.9 Å². The molecule has 0 aliphatic rings. The molecule has 0 atom stereocenters. The fraction of sp³-hybridized carbons (Fsp3) is 0.200. The van der Waals surface area contributed by atoms with E-state index in [-0.39, 0.29) is 13.0 Å². The fourth-order valence-corrected chi connectivity index (χ4v) is 2.81. The number of nitrogens with one attached hydrogen (secondary N) is 1. The van der Waals surface area contributed by atoms with E-state index in [9.17, 15) is 9.59 Å². The van der Waals surface area contributed by atoms with E-state index in [0.29, 0.717) is 24.7 Å². The zero-order valence-corrected chi connectivity index (χ0v) is 17.4. The van der Waals surface area contributed by atoms with Crippen LogP contribution in [0.5, 0.6) is 11.5 Å². The average Bonchev–Trinajstić information content (AvgIpc) is 2.79. The molecule has 1 N–H and O–H groups in total. The second-order valence-electron chi connectivity index (χ2n) is 6.76. The summed E-state index contributed by atoms with van der Waals surface area (Å²) in [6, 6.07) is 24.1. The molecule has 31 heavy (non-hydrogen) atoms. The Kier molecular flexibility index (Phi) is 8.05. The molecule has 1 amide bonds. The molecule has 0 unspecified atom stereocenters. The molecule has 0 saturated carbocycles. The van der Waals surface area contributed by atoms with Crippen LogP contribution in [0.1, 0.15) is 18.1 Å². The van der Waals surface area contributed by atoms with Crippen LogP contribution in [0.3, 0.4) is 0 Å². The van der Waals surface area contributed by atoms with Gasteiger partial charge in [0.15, 0.2) is 6.61 Å². The fourth-order valence-electron chi connectivity index (χ4n) is 2.81. The van der Waals surface area contributed by atoms with Crippen molar-refractivity contribution in [1.82, 2.24) is 0 Å². The lowest BCUT2D eigenvalue weighted by Gasteiger charge is -2.09. The minimum Gasteiger partial charge on any atom is -0.494 e. The van der Waals surface area contributed by atoms with Gasteiger partial charge in [0.1, 0.15) is 18.1 Å². The molecular formula is C25H25NO5. The quantitative estimate of drug-likeness (QED) is 0.494. The third-order valence-electron chi connectivity index (χ3n) is 4.33. The monoisotopic (exact) mass is 419 g/mol. The van der Waals surface area contributed by atoms with Gasteiger partial charge in [-0.25, -0.2) is 0 Å². The summed E-state index contributed by atoms with van der Waals surface area (Å²) in [6.45, 7) is 2.61. The molecule has 6 heteroatoms. The van der Waals surface area contributed by atoms with Gasteiger partial charge >= 0.3 is 5.97 Å². The molecule has 0 heterocycles. The van der Waals surface area contributed by atoms with Crippen molar-refractivity contribution in [2.45, 2.75) is 20.0 Å². The first-order valence-corrected chi connectivity index (χ1v) is 10.1. The Balaban J connectivity index is 1.39. The van der Waals surface area contributed by atoms with Crippen LogP contribution in [-0.4, -0.2) is 25.1 Å². The minimum absolute atomic E-state index is 0.0904. The van der Waals surface area contributed by atoms with Crippen molar-refractivity contribution in [2.75, 3.05) is 18.5 Å². The van der Waals surface area contributed by atoms with Gasteiger partial charge in [0, 0.05) is 5.69 Å². The van der Waals surface area contributed by atoms with Crippen molar-refractivity contribution in [3.05, 3.63) is 90.0 Å². The smallest absolute Gasteiger partial charge is 0.310 e. The van der Waals surface area contributed by atoms with Gasteiger partial charge < -0.3 is 19.5 Å². The Morgan fingerprint density at radius 3 is 2.10 bits per heavy atom. The summed E-state index contributed by atoms with van der Waals surface area (Å²) < 4.78 is 16.1. The number of carbonyl (C=O) groups is 2. The SMILES string of the molecule is CCOc1ccc(CC(=O)OCC(=O)Nc2ccc(OCc3ccccc3)cc2)cc1. The number of ether oxygens (including phenoxy) is 3. The van der Waals surface area contributed by atoms with Gasteiger partial charge in [-0.3, -0.25) is 9.59 Å². The molecule has 0 radical (unpaired) electrons. The normalized spacial score (nSPS) is 10.2. The van der Waals surface area contributed by atoms with Crippen LogP contribution in [0.15, 0.2) is 78.9 Å². The molecule has 0 aliphatic carbocycles. The summed E-state index contributed by atoms with van der Waals surface area (Å²) in [5.41, 5.74) is 2.46.